The van der Waals surface area contributed by atoms with Crippen LogP contribution in [0, 0.1) is 5.92 Å². The van der Waals surface area contributed by atoms with Crippen LogP contribution in [0.1, 0.15) is 58.3 Å². The minimum absolute atomic E-state index is 0.0954. The van der Waals surface area contributed by atoms with Crippen LogP contribution >= 0.6 is 0 Å². The van der Waals surface area contributed by atoms with Gasteiger partial charge in [-0.25, -0.2) is 0 Å². The normalized spacial score (nSPS) is 28.7. The lowest BCUT2D eigenvalue weighted by Crippen LogP contribution is -2.47. The van der Waals surface area contributed by atoms with E-state index in [4.69, 9.17) is 0 Å². The fourth-order valence-corrected chi connectivity index (χ4v) is 3.55. The van der Waals surface area contributed by atoms with Gasteiger partial charge in [-0.3, -0.25) is 4.99 Å². The van der Waals surface area contributed by atoms with Crippen LogP contribution in [0.4, 0.5) is 13.2 Å². The molecular formula is C16H28F3N3O. The maximum absolute atomic E-state index is 12.9. The van der Waals surface area contributed by atoms with Crippen molar-refractivity contribution in [2.75, 3.05) is 13.1 Å². The third kappa shape index (κ3) is 5.55. The molecule has 2 unspecified atom stereocenters. The zero-order chi connectivity index (χ0) is 16.9. The van der Waals surface area contributed by atoms with Crippen LogP contribution in [0.25, 0.3) is 0 Å². The molecule has 2 aliphatic carbocycles. The zero-order valence-corrected chi connectivity index (χ0v) is 13.8. The highest BCUT2D eigenvalue weighted by Crippen LogP contribution is 2.37. The Kier molecular flexibility index (Phi) is 6.17. The molecule has 0 aromatic heterocycles. The van der Waals surface area contributed by atoms with Crippen molar-refractivity contribution in [1.29, 1.82) is 0 Å². The maximum atomic E-state index is 12.9. The molecule has 3 N–H and O–H groups in total. The summed E-state index contributed by atoms with van der Waals surface area (Å²) in [4.78, 5) is 4.41. The largest absolute Gasteiger partial charge is 0.391 e. The Morgan fingerprint density at radius 3 is 2.52 bits per heavy atom. The van der Waals surface area contributed by atoms with Crippen LogP contribution in [0.15, 0.2) is 4.99 Å². The molecule has 2 rings (SSSR count). The van der Waals surface area contributed by atoms with E-state index in [1.165, 1.54) is 0 Å². The minimum atomic E-state index is -4.12. The van der Waals surface area contributed by atoms with Crippen molar-refractivity contribution in [1.82, 2.24) is 10.6 Å². The van der Waals surface area contributed by atoms with Crippen molar-refractivity contribution in [2.24, 2.45) is 10.9 Å². The summed E-state index contributed by atoms with van der Waals surface area (Å²) in [5.74, 6) is -0.712. The van der Waals surface area contributed by atoms with E-state index in [2.05, 4.69) is 15.6 Å². The SMILES string of the molecule is CCNC(=NCC1(O)CCCC1)NC1CCCC(C(F)(F)F)C1. The van der Waals surface area contributed by atoms with E-state index in [0.717, 1.165) is 32.1 Å². The topological polar surface area (TPSA) is 56.7 Å². The standard InChI is InChI=1S/C16H28F3N3O/c1-2-20-14(21-11-15(23)8-3-4-9-15)22-13-7-5-6-12(10-13)16(17,18)19/h12-13,23H,2-11H2,1H3,(H2,20,21,22). The fourth-order valence-electron chi connectivity index (χ4n) is 3.55. The summed E-state index contributed by atoms with van der Waals surface area (Å²) in [6.07, 6.45) is 0.997. The molecule has 4 nitrogen and oxygen atoms in total. The molecule has 0 bridgehead atoms. The highest BCUT2D eigenvalue weighted by atomic mass is 19.4. The number of aliphatic hydroxyl groups is 1. The van der Waals surface area contributed by atoms with Crippen molar-refractivity contribution in [3.05, 3.63) is 0 Å². The summed E-state index contributed by atoms with van der Waals surface area (Å²) in [7, 11) is 0. The van der Waals surface area contributed by atoms with Gasteiger partial charge in [0.15, 0.2) is 5.96 Å². The Balaban J connectivity index is 1.92. The van der Waals surface area contributed by atoms with E-state index in [-0.39, 0.29) is 18.9 Å². The molecule has 2 aliphatic rings. The molecule has 7 heteroatoms. The Morgan fingerprint density at radius 1 is 1.22 bits per heavy atom. The van der Waals surface area contributed by atoms with Crippen LogP contribution in [-0.2, 0) is 0 Å². The summed E-state index contributed by atoms with van der Waals surface area (Å²) in [5, 5.41) is 16.6. The van der Waals surface area contributed by atoms with E-state index >= 15 is 0 Å². The number of rotatable bonds is 4. The summed E-state index contributed by atoms with van der Waals surface area (Å²) in [5.41, 5.74) is -0.747. The van der Waals surface area contributed by atoms with E-state index < -0.39 is 17.7 Å². The Bertz CT molecular complexity index is 406. The second-order valence-electron chi connectivity index (χ2n) is 6.87. The molecule has 0 radical (unpaired) electrons. The van der Waals surface area contributed by atoms with Gasteiger partial charge in [-0.05, 0) is 39.0 Å². The number of guanidine groups is 1. The van der Waals surface area contributed by atoms with Crippen molar-refractivity contribution in [3.63, 3.8) is 0 Å². The first-order valence-electron chi connectivity index (χ1n) is 8.66. The lowest BCUT2D eigenvalue weighted by molar-refractivity contribution is -0.183. The minimum Gasteiger partial charge on any atom is -0.388 e. The predicted molar refractivity (Wildman–Crippen MR) is 84.3 cm³/mol. The first kappa shape index (κ1) is 18.4. The first-order valence-corrected chi connectivity index (χ1v) is 8.66. The first-order chi connectivity index (χ1) is 10.8. The van der Waals surface area contributed by atoms with E-state index in [1.807, 2.05) is 6.92 Å². The summed E-state index contributed by atoms with van der Waals surface area (Å²) in [6.45, 7) is 2.86. The molecule has 0 spiro atoms. The molecule has 0 aliphatic heterocycles. The molecule has 0 saturated heterocycles. The van der Waals surface area contributed by atoms with Crippen LogP contribution < -0.4 is 10.6 Å². The molecule has 0 heterocycles. The van der Waals surface area contributed by atoms with Gasteiger partial charge < -0.3 is 15.7 Å². The third-order valence-electron chi connectivity index (χ3n) is 4.89. The summed E-state index contributed by atoms with van der Waals surface area (Å²) >= 11 is 0. The van der Waals surface area contributed by atoms with Gasteiger partial charge in [0.1, 0.15) is 0 Å². The number of aliphatic imine (C=N–C) groups is 1. The summed E-state index contributed by atoms with van der Waals surface area (Å²) in [6, 6.07) is -0.216. The number of hydrogen-bond donors (Lipinski definition) is 3. The van der Waals surface area contributed by atoms with Crippen molar-refractivity contribution < 1.29 is 18.3 Å². The number of nitrogens with one attached hydrogen (secondary N) is 2. The van der Waals surface area contributed by atoms with Crippen molar-refractivity contribution >= 4 is 5.96 Å². The highest BCUT2D eigenvalue weighted by molar-refractivity contribution is 5.80. The van der Waals surface area contributed by atoms with E-state index in [9.17, 15) is 18.3 Å². The molecule has 23 heavy (non-hydrogen) atoms. The molecule has 0 aromatic carbocycles. The van der Waals surface area contributed by atoms with E-state index in [0.29, 0.717) is 25.5 Å². The van der Waals surface area contributed by atoms with Crippen LogP contribution in [0.2, 0.25) is 0 Å². The molecule has 0 aromatic rings. The number of nitrogens with zero attached hydrogens (tertiary/aromatic N) is 1. The molecule has 2 fully saturated rings. The second kappa shape index (κ2) is 7.73. The van der Waals surface area contributed by atoms with Gasteiger partial charge in [0, 0.05) is 12.6 Å². The average Bonchev–Trinajstić information content (AvgIpc) is 2.92. The van der Waals surface area contributed by atoms with Gasteiger partial charge in [-0.15, -0.1) is 0 Å². The monoisotopic (exact) mass is 335 g/mol. The summed E-state index contributed by atoms with van der Waals surface area (Å²) < 4.78 is 38.7. The molecular weight excluding hydrogens is 307 g/mol. The van der Waals surface area contributed by atoms with Crippen molar-refractivity contribution in [2.45, 2.75) is 76.1 Å². The Hall–Kier alpha value is -0.980. The Labute approximate surface area is 135 Å². The van der Waals surface area contributed by atoms with Gasteiger partial charge >= 0.3 is 6.18 Å². The third-order valence-corrected chi connectivity index (χ3v) is 4.89. The lowest BCUT2D eigenvalue weighted by atomic mass is 9.85. The molecule has 134 valence electrons. The average molecular weight is 335 g/mol. The van der Waals surface area contributed by atoms with Gasteiger partial charge in [-0.1, -0.05) is 19.3 Å². The van der Waals surface area contributed by atoms with Crippen LogP contribution in [-0.4, -0.2) is 42.0 Å². The van der Waals surface area contributed by atoms with Crippen LogP contribution in [0.3, 0.4) is 0 Å². The lowest BCUT2D eigenvalue weighted by Gasteiger charge is -2.32. The number of alkyl halides is 3. The molecule has 0 amide bonds. The maximum Gasteiger partial charge on any atom is 0.391 e. The smallest absolute Gasteiger partial charge is 0.388 e. The highest BCUT2D eigenvalue weighted by Gasteiger charge is 2.42. The zero-order valence-electron chi connectivity index (χ0n) is 13.8. The fraction of sp³-hybridized carbons (Fsp3) is 0.938. The quantitative estimate of drug-likeness (QED) is 0.547. The molecule has 2 saturated carbocycles. The Morgan fingerprint density at radius 2 is 1.91 bits per heavy atom. The number of hydrogen-bond acceptors (Lipinski definition) is 2. The predicted octanol–water partition coefficient (Wildman–Crippen LogP) is 2.97. The van der Waals surface area contributed by atoms with Gasteiger partial charge in [0.2, 0.25) is 0 Å². The number of halogens is 3. The van der Waals surface area contributed by atoms with Crippen LogP contribution in [0.5, 0.6) is 0 Å². The van der Waals surface area contributed by atoms with Gasteiger partial charge in [0.25, 0.3) is 0 Å². The van der Waals surface area contributed by atoms with Crippen molar-refractivity contribution in [3.8, 4) is 0 Å². The van der Waals surface area contributed by atoms with Gasteiger partial charge in [0.05, 0.1) is 18.1 Å². The van der Waals surface area contributed by atoms with E-state index in [1.54, 1.807) is 0 Å². The molecule has 2 atom stereocenters. The van der Waals surface area contributed by atoms with Gasteiger partial charge in [-0.2, -0.15) is 13.2 Å². The second-order valence-corrected chi connectivity index (χ2v) is 6.87.